The molecule has 4 rings (SSSR count). The molecule has 1 aliphatic heterocycles. The van der Waals surface area contributed by atoms with Crippen LogP contribution in [0.2, 0.25) is 0 Å². The maximum Gasteiger partial charge on any atom is 0.191 e. The lowest BCUT2D eigenvalue weighted by molar-refractivity contribution is 0.125. The summed E-state index contributed by atoms with van der Waals surface area (Å²) in [6.07, 6.45) is 2.50. The van der Waals surface area contributed by atoms with Gasteiger partial charge in [-0.15, -0.1) is 35.3 Å². The number of guanidine groups is 1. The van der Waals surface area contributed by atoms with Crippen LogP contribution < -0.4 is 10.6 Å². The molecule has 1 aromatic carbocycles. The SMILES string of the molecule is CN=C(NCc1cc2ccccc2[nH]1)NCC1CCCN(C)C1c1cccs1.I. The molecule has 29 heavy (non-hydrogen) atoms. The van der Waals surface area contributed by atoms with E-state index < -0.39 is 0 Å². The largest absolute Gasteiger partial charge is 0.357 e. The van der Waals surface area contributed by atoms with Crippen molar-refractivity contribution < 1.29 is 0 Å². The van der Waals surface area contributed by atoms with Crippen molar-refractivity contribution in [1.82, 2.24) is 20.5 Å². The van der Waals surface area contributed by atoms with Crippen molar-refractivity contribution in [1.29, 1.82) is 0 Å². The van der Waals surface area contributed by atoms with Gasteiger partial charge in [0.1, 0.15) is 0 Å². The summed E-state index contributed by atoms with van der Waals surface area (Å²) in [6, 6.07) is 15.5. The van der Waals surface area contributed by atoms with Crippen molar-refractivity contribution in [2.75, 3.05) is 27.2 Å². The number of piperidine rings is 1. The fraction of sp³-hybridized carbons (Fsp3) is 0.409. The van der Waals surface area contributed by atoms with Crippen molar-refractivity contribution in [3.8, 4) is 0 Å². The normalized spacial score (nSPS) is 20.4. The minimum Gasteiger partial charge on any atom is -0.357 e. The molecule has 3 heterocycles. The number of aromatic nitrogens is 1. The number of aromatic amines is 1. The van der Waals surface area contributed by atoms with E-state index in [1.807, 2.05) is 18.4 Å². The number of para-hydroxylation sites is 1. The van der Waals surface area contributed by atoms with Crippen LogP contribution in [0.15, 0.2) is 52.8 Å². The molecule has 2 aromatic heterocycles. The van der Waals surface area contributed by atoms with Gasteiger partial charge in [-0.3, -0.25) is 9.89 Å². The zero-order valence-electron chi connectivity index (χ0n) is 17.0. The number of H-pyrrole nitrogens is 1. The Bertz CT molecular complexity index is 887. The first-order valence-electron chi connectivity index (χ1n) is 9.99. The highest BCUT2D eigenvalue weighted by atomic mass is 127. The van der Waals surface area contributed by atoms with Crippen LogP contribution in [0.25, 0.3) is 10.9 Å². The Balaban J connectivity index is 0.00000240. The van der Waals surface area contributed by atoms with Crippen LogP contribution in [0.3, 0.4) is 0 Å². The van der Waals surface area contributed by atoms with E-state index in [2.05, 4.69) is 80.4 Å². The predicted molar refractivity (Wildman–Crippen MR) is 134 cm³/mol. The lowest BCUT2D eigenvalue weighted by atomic mass is 9.88. The average molecular weight is 523 g/mol. The number of likely N-dealkylation sites (tertiary alicyclic amines) is 1. The zero-order chi connectivity index (χ0) is 19.3. The van der Waals surface area contributed by atoms with Gasteiger partial charge in [0.05, 0.1) is 6.54 Å². The van der Waals surface area contributed by atoms with Gasteiger partial charge in [-0.2, -0.15) is 0 Å². The molecule has 1 fully saturated rings. The molecule has 1 saturated heterocycles. The third kappa shape index (κ3) is 5.32. The second-order valence-corrected chi connectivity index (χ2v) is 8.51. The molecule has 0 radical (unpaired) electrons. The van der Waals surface area contributed by atoms with Gasteiger partial charge in [-0.1, -0.05) is 24.3 Å². The summed E-state index contributed by atoms with van der Waals surface area (Å²) in [7, 11) is 4.09. The molecule has 156 valence electrons. The highest BCUT2D eigenvalue weighted by Crippen LogP contribution is 2.36. The molecule has 2 unspecified atom stereocenters. The topological polar surface area (TPSA) is 55.5 Å². The molecule has 5 nitrogen and oxygen atoms in total. The summed E-state index contributed by atoms with van der Waals surface area (Å²) in [6.45, 7) is 2.83. The maximum absolute atomic E-state index is 4.42. The quantitative estimate of drug-likeness (QED) is 0.261. The second kappa shape index (κ2) is 10.4. The van der Waals surface area contributed by atoms with Gasteiger partial charge in [0.15, 0.2) is 5.96 Å². The van der Waals surface area contributed by atoms with Gasteiger partial charge in [0.25, 0.3) is 0 Å². The fourth-order valence-electron chi connectivity index (χ4n) is 4.24. The first-order valence-corrected chi connectivity index (χ1v) is 10.9. The number of aliphatic imine (C=N–C) groups is 1. The molecule has 0 saturated carbocycles. The van der Waals surface area contributed by atoms with Crippen LogP contribution in [0.1, 0.15) is 29.5 Å². The summed E-state index contributed by atoms with van der Waals surface area (Å²) >= 11 is 1.87. The third-order valence-corrected chi connectivity index (χ3v) is 6.57. The summed E-state index contributed by atoms with van der Waals surface area (Å²) in [5, 5.41) is 10.4. The molecule has 0 aliphatic carbocycles. The van der Waals surface area contributed by atoms with Gasteiger partial charge < -0.3 is 15.6 Å². The van der Waals surface area contributed by atoms with Gasteiger partial charge >= 0.3 is 0 Å². The number of hydrogen-bond donors (Lipinski definition) is 3. The number of hydrogen-bond acceptors (Lipinski definition) is 3. The van der Waals surface area contributed by atoms with Crippen molar-refractivity contribution in [2.24, 2.45) is 10.9 Å². The molecule has 0 amide bonds. The molecular formula is C22H30IN5S. The van der Waals surface area contributed by atoms with Crippen molar-refractivity contribution >= 4 is 52.2 Å². The Kier molecular flexibility index (Phi) is 7.97. The maximum atomic E-state index is 4.42. The number of benzene rings is 1. The van der Waals surface area contributed by atoms with Crippen LogP contribution in [0.4, 0.5) is 0 Å². The Labute approximate surface area is 194 Å². The van der Waals surface area contributed by atoms with Crippen molar-refractivity contribution in [2.45, 2.75) is 25.4 Å². The fourth-order valence-corrected chi connectivity index (χ4v) is 5.22. The van der Waals surface area contributed by atoms with E-state index in [9.17, 15) is 0 Å². The van der Waals surface area contributed by atoms with Gasteiger partial charge in [0.2, 0.25) is 0 Å². The number of rotatable bonds is 5. The molecule has 3 aromatic rings. The number of nitrogens with one attached hydrogen (secondary N) is 3. The Morgan fingerprint density at radius 1 is 1.24 bits per heavy atom. The number of fused-ring (bicyclic) bond motifs is 1. The average Bonchev–Trinajstić information content (AvgIpc) is 3.37. The molecule has 7 heteroatoms. The molecular weight excluding hydrogens is 493 g/mol. The van der Waals surface area contributed by atoms with E-state index in [0.29, 0.717) is 12.0 Å². The first kappa shape index (κ1) is 22.1. The molecule has 0 spiro atoms. The third-order valence-electron chi connectivity index (χ3n) is 5.63. The van der Waals surface area contributed by atoms with Crippen molar-refractivity contribution in [3.63, 3.8) is 0 Å². The van der Waals surface area contributed by atoms with Gasteiger partial charge in [-0.25, -0.2) is 0 Å². The van der Waals surface area contributed by atoms with Crippen LogP contribution in [0, 0.1) is 5.92 Å². The summed E-state index contributed by atoms with van der Waals surface area (Å²) in [4.78, 5) is 11.8. The van der Waals surface area contributed by atoms with E-state index in [0.717, 1.165) is 24.7 Å². The minimum atomic E-state index is 0. The van der Waals surface area contributed by atoms with Crippen LogP contribution >= 0.6 is 35.3 Å². The monoisotopic (exact) mass is 523 g/mol. The zero-order valence-corrected chi connectivity index (χ0v) is 20.2. The van der Waals surface area contributed by atoms with Gasteiger partial charge in [0, 0.05) is 35.7 Å². The number of nitrogens with zero attached hydrogens (tertiary/aromatic N) is 2. The van der Waals surface area contributed by atoms with Crippen molar-refractivity contribution in [3.05, 3.63) is 58.4 Å². The van der Waals surface area contributed by atoms with Crippen LogP contribution in [0.5, 0.6) is 0 Å². The molecule has 0 bridgehead atoms. The van der Waals surface area contributed by atoms with Crippen LogP contribution in [-0.4, -0.2) is 43.0 Å². The molecule has 2 atom stereocenters. The highest BCUT2D eigenvalue weighted by molar-refractivity contribution is 14.0. The predicted octanol–water partition coefficient (Wildman–Crippen LogP) is 4.60. The van der Waals surface area contributed by atoms with E-state index in [-0.39, 0.29) is 24.0 Å². The van der Waals surface area contributed by atoms with E-state index in [1.54, 1.807) is 0 Å². The van der Waals surface area contributed by atoms with E-state index in [1.165, 1.54) is 35.2 Å². The second-order valence-electron chi connectivity index (χ2n) is 7.53. The minimum absolute atomic E-state index is 0. The summed E-state index contributed by atoms with van der Waals surface area (Å²) in [5.41, 5.74) is 2.34. The molecule has 3 N–H and O–H groups in total. The lowest BCUT2D eigenvalue weighted by Gasteiger charge is -2.39. The standard InChI is InChI=1S/C22H29N5S.HI/c1-23-22(25-15-18-13-16-7-3-4-9-19(16)26-18)24-14-17-8-5-11-27(2)21(17)20-10-6-12-28-20;/h3-4,6-7,9-10,12-13,17,21,26H,5,8,11,14-15H2,1-2H3,(H2,23,24,25);1H. The Hall–Kier alpha value is -1.58. The Morgan fingerprint density at radius 2 is 2.10 bits per heavy atom. The van der Waals surface area contributed by atoms with Gasteiger partial charge in [-0.05, 0) is 61.3 Å². The van der Waals surface area contributed by atoms with E-state index in [4.69, 9.17) is 0 Å². The van der Waals surface area contributed by atoms with E-state index >= 15 is 0 Å². The first-order chi connectivity index (χ1) is 13.7. The number of thiophene rings is 1. The Morgan fingerprint density at radius 3 is 2.86 bits per heavy atom. The highest BCUT2D eigenvalue weighted by Gasteiger charge is 2.31. The van der Waals surface area contributed by atoms with Crippen LogP contribution in [-0.2, 0) is 6.54 Å². The summed E-state index contributed by atoms with van der Waals surface area (Å²) < 4.78 is 0. The molecule has 1 aliphatic rings. The lowest BCUT2D eigenvalue weighted by Crippen LogP contribution is -2.44. The number of halogens is 1. The summed E-state index contributed by atoms with van der Waals surface area (Å²) in [5.74, 6) is 1.45. The smallest absolute Gasteiger partial charge is 0.191 e.